The molecule has 0 fully saturated rings. The number of benzene rings is 3. The van der Waals surface area contributed by atoms with Crippen LogP contribution in [0.2, 0.25) is 10.0 Å². The van der Waals surface area contributed by atoms with Gasteiger partial charge in [-0.15, -0.1) is 0 Å². The zero-order chi connectivity index (χ0) is 22.7. The molecule has 0 aliphatic carbocycles. The van der Waals surface area contributed by atoms with Crippen LogP contribution < -0.4 is 21.1 Å². The first-order valence-corrected chi connectivity index (χ1v) is 10.9. The molecule has 1 aliphatic rings. The summed E-state index contributed by atoms with van der Waals surface area (Å²) in [6, 6.07) is 22.2. The Morgan fingerprint density at radius 2 is 1.75 bits per heavy atom. The number of hydrogen-bond acceptors (Lipinski definition) is 4. The third-order valence-electron chi connectivity index (χ3n) is 4.90. The van der Waals surface area contributed by atoms with Gasteiger partial charge in [0.2, 0.25) is 6.17 Å². The van der Waals surface area contributed by atoms with E-state index in [1.54, 1.807) is 30.1 Å². The van der Waals surface area contributed by atoms with Gasteiger partial charge < -0.3 is 10.2 Å². The van der Waals surface area contributed by atoms with Crippen LogP contribution >= 0.6 is 35.4 Å². The molecule has 3 N–H and O–H groups in total. The summed E-state index contributed by atoms with van der Waals surface area (Å²) in [7, 11) is 1.70. The van der Waals surface area contributed by atoms with Crippen molar-refractivity contribution in [3.63, 3.8) is 0 Å². The molecule has 1 amide bonds. The van der Waals surface area contributed by atoms with Crippen LogP contribution in [0, 0.1) is 0 Å². The van der Waals surface area contributed by atoms with Crippen molar-refractivity contribution in [2.45, 2.75) is 6.17 Å². The number of para-hydroxylation sites is 1. The van der Waals surface area contributed by atoms with E-state index in [-0.39, 0.29) is 11.0 Å². The number of halogens is 2. The first-order chi connectivity index (χ1) is 15.4. The zero-order valence-corrected chi connectivity index (χ0v) is 19.3. The van der Waals surface area contributed by atoms with E-state index < -0.39 is 6.17 Å². The average Bonchev–Trinajstić information content (AvgIpc) is 2.89. The van der Waals surface area contributed by atoms with Gasteiger partial charge in [0, 0.05) is 23.2 Å². The Bertz CT molecular complexity index is 1200. The first kappa shape index (κ1) is 22.1. The van der Waals surface area contributed by atoms with E-state index in [4.69, 9.17) is 40.4 Å². The SMILES string of the molecule is CN1C(=O)C(NC(=S)NNc2ccccc2Cl)N=C(c2ccccc2)c2cc(Cl)ccc21. The number of amides is 1. The fourth-order valence-electron chi connectivity index (χ4n) is 3.31. The Kier molecular flexibility index (Phi) is 6.60. The predicted molar refractivity (Wildman–Crippen MR) is 135 cm³/mol. The van der Waals surface area contributed by atoms with Gasteiger partial charge >= 0.3 is 0 Å². The monoisotopic (exact) mass is 483 g/mol. The molecule has 9 heteroatoms. The smallest absolute Gasteiger partial charge is 0.272 e. The van der Waals surface area contributed by atoms with Gasteiger partial charge in [-0.3, -0.25) is 15.6 Å². The largest absolute Gasteiger partial charge is 0.332 e. The Balaban J connectivity index is 1.64. The highest BCUT2D eigenvalue weighted by atomic mass is 35.5. The lowest BCUT2D eigenvalue weighted by Gasteiger charge is -2.22. The number of nitrogens with zero attached hydrogens (tertiary/aromatic N) is 2. The molecule has 4 rings (SSSR count). The number of benzodiazepines with no additional fused rings is 1. The maximum absolute atomic E-state index is 13.2. The number of carbonyl (C=O) groups is 1. The van der Waals surface area contributed by atoms with Gasteiger partial charge in [0.15, 0.2) is 5.11 Å². The van der Waals surface area contributed by atoms with E-state index in [0.29, 0.717) is 27.1 Å². The van der Waals surface area contributed by atoms with E-state index in [1.807, 2.05) is 54.6 Å². The van der Waals surface area contributed by atoms with Crippen LogP contribution in [0.5, 0.6) is 0 Å². The summed E-state index contributed by atoms with van der Waals surface area (Å²) in [6.45, 7) is 0. The lowest BCUT2D eigenvalue weighted by Crippen LogP contribution is -2.50. The van der Waals surface area contributed by atoms with Crippen LogP contribution in [0.3, 0.4) is 0 Å². The third kappa shape index (κ3) is 4.70. The van der Waals surface area contributed by atoms with Crippen molar-refractivity contribution in [1.82, 2.24) is 10.7 Å². The maximum Gasteiger partial charge on any atom is 0.272 e. The fraction of sp³-hybridized carbons (Fsp3) is 0.0870. The van der Waals surface area contributed by atoms with Crippen LogP contribution in [0.4, 0.5) is 11.4 Å². The molecule has 0 spiro atoms. The number of likely N-dealkylation sites (N-methyl/N-ethyl adjacent to an activating group) is 1. The van der Waals surface area contributed by atoms with Crippen molar-refractivity contribution >= 4 is 63.5 Å². The molecule has 0 bridgehead atoms. The molecule has 0 saturated carbocycles. The van der Waals surface area contributed by atoms with Gasteiger partial charge in [0.25, 0.3) is 5.91 Å². The highest BCUT2D eigenvalue weighted by Crippen LogP contribution is 2.29. The molecule has 32 heavy (non-hydrogen) atoms. The van der Waals surface area contributed by atoms with Crippen molar-refractivity contribution < 1.29 is 4.79 Å². The summed E-state index contributed by atoms with van der Waals surface area (Å²) in [6.07, 6.45) is -0.950. The molecule has 0 radical (unpaired) electrons. The van der Waals surface area contributed by atoms with Crippen LogP contribution in [0.25, 0.3) is 0 Å². The number of anilines is 2. The highest BCUT2D eigenvalue weighted by Gasteiger charge is 2.30. The van der Waals surface area contributed by atoms with Crippen LogP contribution in [-0.4, -0.2) is 29.9 Å². The molecule has 1 atom stereocenters. The number of fused-ring (bicyclic) bond motifs is 1. The molecular formula is C23H19Cl2N5OS. The quantitative estimate of drug-likeness (QED) is 0.373. The Hall–Kier alpha value is -3.13. The van der Waals surface area contributed by atoms with E-state index in [1.165, 1.54) is 0 Å². The summed E-state index contributed by atoms with van der Waals surface area (Å²) in [4.78, 5) is 19.5. The second-order valence-corrected chi connectivity index (χ2v) is 8.26. The Morgan fingerprint density at radius 1 is 1.03 bits per heavy atom. The van der Waals surface area contributed by atoms with Crippen molar-refractivity contribution in [2.24, 2.45) is 4.99 Å². The lowest BCUT2D eigenvalue weighted by atomic mass is 10.0. The number of hydrazine groups is 1. The third-order valence-corrected chi connectivity index (χ3v) is 5.68. The van der Waals surface area contributed by atoms with Gasteiger partial charge in [0.05, 0.1) is 22.1 Å². The van der Waals surface area contributed by atoms with E-state index in [0.717, 1.165) is 11.1 Å². The number of thiocarbonyl (C=S) groups is 1. The minimum Gasteiger partial charge on any atom is -0.332 e. The maximum atomic E-state index is 13.2. The van der Waals surface area contributed by atoms with Gasteiger partial charge in [-0.25, -0.2) is 4.99 Å². The molecule has 3 aromatic carbocycles. The number of nitrogens with one attached hydrogen (secondary N) is 3. The molecule has 3 aromatic rings. The molecule has 0 saturated heterocycles. The number of hydrogen-bond donors (Lipinski definition) is 3. The Morgan fingerprint density at radius 3 is 2.50 bits per heavy atom. The summed E-state index contributed by atoms with van der Waals surface area (Å²) >= 11 is 17.8. The second-order valence-electron chi connectivity index (χ2n) is 7.01. The summed E-state index contributed by atoms with van der Waals surface area (Å²) in [5.41, 5.74) is 9.41. The normalized spacial score (nSPS) is 15.3. The van der Waals surface area contributed by atoms with Crippen molar-refractivity contribution in [1.29, 1.82) is 0 Å². The molecular weight excluding hydrogens is 465 g/mol. The molecule has 0 aromatic heterocycles. The Labute approximate surface area is 201 Å². The molecule has 1 heterocycles. The van der Waals surface area contributed by atoms with Crippen LogP contribution in [0.15, 0.2) is 77.8 Å². The van der Waals surface area contributed by atoms with E-state index >= 15 is 0 Å². The molecule has 6 nitrogen and oxygen atoms in total. The predicted octanol–water partition coefficient (Wildman–Crippen LogP) is 4.62. The standard InChI is InChI=1S/C23H19Cl2N5OS/c1-30-19-12-11-15(24)13-16(19)20(14-7-3-2-4-8-14)26-21(22(30)31)27-23(32)29-28-18-10-6-5-9-17(18)25/h2-13,21,28H,1H3,(H2,27,29,32). The first-order valence-electron chi connectivity index (χ1n) is 9.72. The average molecular weight is 484 g/mol. The van der Waals surface area contributed by atoms with Gasteiger partial charge in [0.1, 0.15) is 0 Å². The molecule has 162 valence electrons. The molecule has 1 aliphatic heterocycles. The fourth-order valence-corrected chi connectivity index (χ4v) is 3.83. The number of carbonyl (C=O) groups excluding carboxylic acids is 1. The summed E-state index contributed by atoms with van der Waals surface area (Å²) < 4.78 is 0. The minimum atomic E-state index is -0.950. The number of rotatable bonds is 4. The topological polar surface area (TPSA) is 68.8 Å². The van der Waals surface area contributed by atoms with Crippen LogP contribution in [0.1, 0.15) is 11.1 Å². The summed E-state index contributed by atoms with van der Waals surface area (Å²) in [5, 5.41) is 4.26. The second kappa shape index (κ2) is 9.56. The minimum absolute atomic E-state index is 0.191. The van der Waals surface area contributed by atoms with Gasteiger partial charge in [-0.2, -0.15) is 0 Å². The van der Waals surface area contributed by atoms with Crippen molar-refractivity contribution in [2.75, 3.05) is 17.4 Å². The van der Waals surface area contributed by atoms with E-state index in [2.05, 4.69) is 16.2 Å². The highest BCUT2D eigenvalue weighted by molar-refractivity contribution is 7.80. The summed E-state index contributed by atoms with van der Waals surface area (Å²) in [5.74, 6) is -0.263. The van der Waals surface area contributed by atoms with Crippen molar-refractivity contribution in [3.05, 3.63) is 94.0 Å². The molecule has 1 unspecified atom stereocenters. The number of aliphatic imine (C=N–C) groups is 1. The lowest BCUT2D eigenvalue weighted by molar-refractivity contribution is -0.119. The van der Waals surface area contributed by atoms with Crippen molar-refractivity contribution in [3.8, 4) is 0 Å². The van der Waals surface area contributed by atoms with E-state index in [9.17, 15) is 4.79 Å². The zero-order valence-electron chi connectivity index (χ0n) is 17.0. The van der Waals surface area contributed by atoms with Crippen LogP contribution in [-0.2, 0) is 4.79 Å². The van der Waals surface area contributed by atoms with Gasteiger partial charge in [-0.1, -0.05) is 65.7 Å². The van der Waals surface area contributed by atoms with Gasteiger partial charge in [-0.05, 0) is 42.5 Å².